The van der Waals surface area contributed by atoms with Crippen LogP contribution in [-0.2, 0) is 0 Å². The van der Waals surface area contributed by atoms with Crippen molar-refractivity contribution in [3.8, 4) is 0 Å². The molecule has 0 radical (unpaired) electrons. The number of hydrogen-bond donors (Lipinski definition) is 1. The maximum Gasteiger partial charge on any atom is 0.149 e. The number of hydrogen-bond acceptors (Lipinski definition) is 4. The summed E-state index contributed by atoms with van der Waals surface area (Å²) in [6.45, 7) is 10.3. The summed E-state index contributed by atoms with van der Waals surface area (Å²) in [6.07, 6.45) is 4.60. The number of anilines is 1. The third-order valence-corrected chi connectivity index (χ3v) is 3.66. The van der Waals surface area contributed by atoms with Gasteiger partial charge in [0.15, 0.2) is 0 Å². The summed E-state index contributed by atoms with van der Waals surface area (Å²) in [5, 5.41) is 3.79. The van der Waals surface area contributed by atoms with Gasteiger partial charge in [0.05, 0.1) is 12.4 Å². The average molecular weight is 283 g/mol. The normalized spacial score (nSPS) is 26.1. The smallest absolute Gasteiger partial charge is 0.149 e. The topological polar surface area (TPSA) is 41.0 Å². The van der Waals surface area contributed by atoms with E-state index in [0.29, 0.717) is 11.2 Å². The molecule has 0 bridgehead atoms. The van der Waals surface area contributed by atoms with Crippen molar-refractivity contribution in [2.75, 3.05) is 25.0 Å². The highest BCUT2D eigenvalue weighted by atomic mass is 35.5. The first-order valence-electron chi connectivity index (χ1n) is 6.99. The van der Waals surface area contributed by atoms with E-state index in [1.807, 2.05) is 0 Å². The number of nitrogens with one attached hydrogen (secondary N) is 1. The van der Waals surface area contributed by atoms with Crippen LogP contribution in [0.3, 0.4) is 0 Å². The molecule has 0 saturated carbocycles. The van der Waals surface area contributed by atoms with E-state index in [1.165, 1.54) is 19.5 Å². The lowest BCUT2D eigenvalue weighted by Gasteiger charge is -2.36. The summed E-state index contributed by atoms with van der Waals surface area (Å²) in [4.78, 5) is 10.8. The van der Waals surface area contributed by atoms with Gasteiger partial charge in [-0.1, -0.05) is 25.4 Å². The first-order chi connectivity index (χ1) is 9.02. The van der Waals surface area contributed by atoms with Gasteiger partial charge >= 0.3 is 0 Å². The van der Waals surface area contributed by atoms with Gasteiger partial charge in [0.2, 0.25) is 0 Å². The maximum absolute atomic E-state index is 5.83. The third-order valence-electron chi connectivity index (χ3n) is 3.48. The zero-order valence-electron chi connectivity index (χ0n) is 11.9. The molecule has 1 aliphatic heterocycles. The number of likely N-dealkylation sites (tertiary alicyclic amines) is 1. The molecule has 106 valence electrons. The Balaban J connectivity index is 1.85. The van der Waals surface area contributed by atoms with Crippen molar-refractivity contribution in [3.63, 3.8) is 0 Å². The molecule has 2 rings (SSSR count). The van der Waals surface area contributed by atoms with E-state index in [-0.39, 0.29) is 0 Å². The van der Waals surface area contributed by atoms with E-state index in [0.717, 1.165) is 24.2 Å². The standard InChI is InChI=1S/C14H23ClN4/c1-10-4-11(2)8-19(7-10)9-12(3)17-14-6-16-5-13(15)18-14/h5-6,10-12H,4,7-9H2,1-3H3,(H,17,18). The van der Waals surface area contributed by atoms with Crippen LogP contribution in [0.15, 0.2) is 12.4 Å². The monoisotopic (exact) mass is 282 g/mol. The molecule has 1 N–H and O–H groups in total. The SMILES string of the molecule is CC1CC(C)CN(CC(C)Nc2cncc(Cl)n2)C1. The molecule has 19 heavy (non-hydrogen) atoms. The van der Waals surface area contributed by atoms with Crippen molar-refractivity contribution in [3.05, 3.63) is 17.5 Å². The van der Waals surface area contributed by atoms with Crippen molar-refractivity contribution < 1.29 is 0 Å². The fourth-order valence-electron chi connectivity index (χ4n) is 3.04. The first kappa shape index (κ1) is 14.5. The van der Waals surface area contributed by atoms with Crippen LogP contribution in [0.2, 0.25) is 5.15 Å². The van der Waals surface area contributed by atoms with Gasteiger partial charge in [0, 0.05) is 25.7 Å². The van der Waals surface area contributed by atoms with E-state index in [9.17, 15) is 0 Å². The molecule has 1 fully saturated rings. The molecule has 1 aromatic heterocycles. The Hall–Kier alpha value is -0.870. The summed E-state index contributed by atoms with van der Waals surface area (Å²) in [5.74, 6) is 2.34. The number of rotatable bonds is 4. The lowest BCUT2D eigenvalue weighted by atomic mass is 9.92. The van der Waals surface area contributed by atoms with Gasteiger partial charge in [-0.2, -0.15) is 0 Å². The Morgan fingerprint density at radius 2 is 2.05 bits per heavy atom. The van der Waals surface area contributed by atoms with Crippen molar-refractivity contribution >= 4 is 17.4 Å². The van der Waals surface area contributed by atoms with Crippen LogP contribution >= 0.6 is 11.6 Å². The third kappa shape index (κ3) is 4.62. The second-order valence-electron chi connectivity index (χ2n) is 5.94. The minimum absolute atomic E-state index is 0.338. The fraction of sp³-hybridized carbons (Fsp3) is 0.714. The summed E-state index contributed by atoms with van der Waals surface area (Å²) in [6, 6.07) is 0.338. The second kappa shape index (κ2) is 6.53. The molecule has 1 aromatic rings. The zero-order valence-corrected chi connectivity index (χ0v) is 12.7. The Morgan fingerprint density at radius 1 is 1.37 bits per heavy atom. The van der Waals surface area contributed by atoms with Gasteiger partial charge in [0.1, 0.15) is 11.0 Å². The molecule has 0 aromatic carbocycles. The molecule has 0 spiro atoms. The molecule has 5 heteroatoms. The molecule has 3 unspecified atom stereocenters. The van der Waals surface area contributed by atoms with Crippen molar-refractivity contribution in [1.29, 1.82) is 0 Å². The van der Waals surface area contributed by atoms with Crippen LogP contribution in [0.5, 0.6) is 0 Å². The van der Waals surface area contributed by atoms with Gasteiger partial charge in [-0.05, 0) is 25.2 Å². The first-order valence-corrected chi connectivity index (χ1v) is 7.37. The molecule has 0 amide bonds. The predicted molar refractivity (Wildman–Crippen MR) is 79.5 cm³/mol. The quantitative estimate of drug-likeness (QED) is 0.922. The summed E-state index contributed by atoms with van der Waals surface area (Å²) >= 11 is 5.83. The van der Waals surface area contributed by atoms with Crippen LogP contribution in [-0.4, -0.2) is 40.5 Å². The van der Waals surface area contributed by atoms with E-state index < -0.39 is 0 Å². The molecule has 1 saturated heterocycles. The number of piperidine rings is 1. The van der Waals surface area contributed by atoms with E-state index >= 15 is 0 Å². The summed E-state index contributed by atoms with van der Waals surface area (Å²) in [7, 11) is 0. The van der Waals surface area contributed by atoms with Crippen molar-refractivity contribution in [2.24, 2.45) is 11.8 Å². The van der Waals surface area contributed by atoms with Gasteiger partial charge in [-0.3, -0.25) is 4.98 Å². The van der Waals surface area contributed by atoms with Crippen LogP contribution < -0.4 is 5.32 Å². The highest BCUT2D eigenvalue weighted by molar-refractivity contribution is 6.29. The van der Waals surface area contributed by atoms with Crippen LogP contribution in [0.25, 0.3) is 0 Å². The van der Waals surface area contributed by atoms with Gasteiger partial charge in [-0.25, -0.2) is 4.98 Å². The fourth-order valence-corrected chi connectivity index (χ4v) is 3.19. The predicted octanol–water partition coefficient (Wildman–Crippen LogP) is 2.91. The lowest BCUT2D eigenvalue weighted by Crippen LogP contribution is -2.43. The molecule has 4 nitrogen and oxygen atoms in total. The molecule has 3 atom stereocenters. The maximum atomic E-state index is 5.83. The Morgan fingerprint density at radius 3 is 2.68 bits per heavy atom. The molecular weight excluding hydrogens is 260 g/mol. The molecule has 1 aliphatic rings. The van der Waals surface area contributed by atoms with E-state index in [2.05, 4.69) is 41.0 Å². The minimum Gasteiger partial charge on any atom is -0.365 e. The highest BCUT2D eigenvalue weighted by Gasteiger charge is 2.22. The largest absolute Gasteiger partial charge is 0.365 e. The second-order valence-corrected chi connectivity index (χ2v) is 6.32. The number of nitrogens with zero attached hydrogens (tertiary/aromatic N) is 3. The minimum atomic E-state index is 0.338. The van der Waals surface area contributed by atoms with Crippen molar-refractivity contribution in [1.82, 2.24) is 14.9 Å². The summed E-state index contributed by atoms with van der Waals surface area (Å²) < 4.78 is 0. The zero-order chi connectivity index (χ0) is 13.8. The summed E-state index contributed by atoms with van der Waals surface area (Å²) in [5.41, 5.74) is 0. The molecule has 2 heterocycles. The average Bonchev–Trinajstić information content (AvgIpc) is 2.26. The van der Waals surface area contributed by atoms with Crippen LogP contribution in [0.4, 0.5) is 5.82 Å². The van der Waals surface area contributed by atoms with E-state index in [4.69, 9.17) is 11.6 Å². The van der Waals surface area contributed by atoms with Gasteiger partial charge in [0.25, 0.3) is 0 Å². The van der Waals surface area contributed by atoms with Crippen LogP contribution in [0, 0.1) is 11.8 Å². The van der Waals surface area contributed by atoms with Gasteiger partial charge < -0.3 is 10.2 Å². The highest BCUT2D eigenvalue weighted by Crippen LogP contribution is 2.21. The van der Waals surface area contributed by atoms with Crippen molar-refractivity contribution in [2.45, 2.75) is 33.2 Å². The Bertz CT molecular complexity index is 402. The van der Waals surface area contributed by atoms with Crippen LogP contribution in [0.1, 0.15) is 27.2 Å². The van der Waals surface area contributed by atoms with E-state index in [1.54, 1.807) is 12.4 Å². The molecular formula is C14H23ClN4. The Kier molecular flexibility index (Phi) is 4.99. The lowest BCUT2D eigenvalue weighted by molar-refractivity contribution is 0.138. The van der Waals surface area contributed by atoms with Gasteiger partial charge in [-0.15, -0.1) is 0 Å². The number of aromatic nitrogens is 2. The Labute approximate surface area is 120 Å². The molecule has 0 aliphatic carbocycles. The number of halogens is 1.